The predicted octanol–water partition coefficient (Wildman–Crippen LogP) is 5.26. The summed E-state index contributed by atoms with van der Waals surface area (Å²) in [6.07, 6.45) is -3.10. The largest absolute Gasteiger partial charge is 0.573 e. The Morgan fingerprint density at radius 1 is 1.07 bits per heavy atom. The SMILES string of the molecule is NCc1c(-c2ccc(Cl)cc2Cl)ncn1Cc1ccc(OC(F)(F)F)cc1. The lowest BCUT2D eigenvalue weighted by Gasteiger charge is -2.11. The molecule has 4 nitrogen and oxygen atoms in total. The summed E-state index contributed by atoms with van der Waals surface area (Å²) in [5.74, 6) is -0.274. The van der Waals surface area contributed by atoms with Gasteiger partial charge in [-0.25, -0.2) is 4.98 Å². The highest BCUT2D eigenvalue weighted by Gasteiger charge is 2.30. The van der Waals surface area contributed by atoms with Gasteiger partial charge in [-0.15, -0.1) is 13.2 Å². The molecule has 0 atom stereocenters. The zero-order valence-corrected chi connectivity index (χ0v) is 15.3. The molecule has 0 bridgehead atoms. The molecule has 2 aromatic carbocycles. The average Bonchev–Trinajstić information content (AvgIpc) is 2.97. The molecule has 3 aromatic rings. The summed E-state index contributed by atoms with van der Waals surface area (Å²) in [4.78, 5) is 4.39. The number of halogens is 5. The van der Waals surface area contributed by atoms with Gasteiger partial charge in [0, 0.05) is 23.7 Å². The fourth-order valence-electron chi connectivity index (χ4n) is 2.66. The van der Waals surface area contributed by atoms with Gasteiger partial charge in [0.25, 0.3) is 0 Å². The molecule has 142 valence electrons. The summed E-state index contributed by atoms with van der Waals surface area (Å²) in [7, 11) is 0. The van der Waals surface area contributed by atoms with Gasteiger partial charge in [-0.2, -0.15) is 0 Å². The predicted molar refractivity (Wildman–Crippen MR) is 97.8 cm³/mol. The number of ether oxygens (including phenoxy) is 1. The van der Waals surface area contributed by atoms with Crippen LogP contribution in [-0.4, -0.2) is 15.9 Å². The molecule has 0 unspecified atom stereocenters. The number of alkyl halides is 3. The molecule has 0 aliphatic rings. The lowest BCUT2D eigenvalue weighted by molar-refractivity contribution is -0.274. The minimum atomic E-state index is -4.72. The molecule has 9 heteroatoms. The molecule has 0 radical (unpaired) electrons. The first-order chi connectivity index (χ1) is 12.8. The second-order valence-electron chi connectivity index (χ2n) is 5.69. The third-order valence-electron chi connectivity index (χ3n) is 3.84. The van der Waals surface area contributed by atoms with Crippen molar-refractivity contribution in [2.45, 2.75) is 19.5 Å². The first-order valence-electron chi connectivity index (χ1n) is 7.81. The molecule has 3 rings (SSSR count). The van der Waals surface area contributed by atoms with Gasteiger partial charge in [0.15, 0.2) is 0 Å². The van der Waals surface area contributed by atoms with E-state index in [9.17, 15) is 13.2 Å². The zero-order valence-electron chi connectivity index (χ0n) is 13.8. The fourth-order valence-corrected chi connectivity index (χ4v) is 3.16. The van der Waals surface area contributed by atoms with Gasteiger partial charge >= 0.3 is 6.36 Å². The summed E-state index contributed by atoms with van der Waals surface area (Å²) in [6, 6.07) is 10.7. The Bertz CT molecular complexity index is 940. The second-order valence-corrected chi connectivity index (χ2v) is 6.53. The van der Waals surface area contributed by atoms with E-state index in [4.69, 9.17) is 28.9 Å². The van der Waals surface area contributed by atoms with Gasteiger partial charge < -0.3 is 15.0 Å². The van der Waals surface area contributed by atoms with Gasteiger partial charge in [0.05, 0.1) is 22.7 Å². The second kappa shape index (κ2) is 7.80. The van der Waals surface area contributed by atoms with E-state index in [-0.39, 0.29) is 12.3 Å². The number of aromatic nitrogens is 2. The molecule has 27 heavy (non-hydrogen) atoms. The first kappa shape index (κ1) is 19.5. The molecule has 0 spiro atoms. The van der Waals surface area contributed by atoms with Crippen LogP contribution in [0.4, 0.5) is 13.2 Å². The quantitative estimate of drug-likeness (QED) is 0.617. The van der Waals surface area contributed by atoms with Crippen LogP contribution in [0.15, 0.2) is 48.8 Å². The highest BCUT2D eigenvalue weighted by atomic mass is 35.5. The Kier molecular flexibility index (Phi) is 5.64. The zero-order chi connectivity index (χ0) is 19.6. The molecule has 0 aliphatic carbocycles. The number of imidazole rings is 1. The highest BCUT2D eigenvalue weighted by Crippen LogP contribution is 2.32. The summed E-state index contributed by atoms with van der Waals surface area (Å²) in [6.45, 7) is 0.598. The topological polar surface area (TPSA) is 53.1 Å². The lowest BCUT2D eigenvalue weighted by atomic mass is 10.1. The van der Waals surface area contributed by atoms with Crippen LogP contribution in [0.5, 0.6) is 5.75 Å². The molecule has 0 fully saturated rings. The van der Waals surface area contributed by atoms with Gasteiger partial charge in [-0.1, -0.05) is 35.3 Å². The summed E-state index contributed by atoms with van der Waals surface area (Å²) in [5, 5.41) is 0.967. The fraction of sp³-hybridized carbons (Fsp3) is 0.167. The van der Waals surface area contributed by atoms with Gasteiger partial charge in [-0.3, -0.25) is 0 Å². The van der Waals surface area contributed by atoms with Gasteiger partial charge in [-0.05, 0) is 35.9 Å². The van der Waals surface area contributed by atoms with Crippen LogP contribution in [0.1, 0.15) is 11.3 Å². The first-order valence-corrected chi connectivity index (χ1v) is 8.56. The van der Waals surface area contributed by atoms with Crippen LogP contribution < -0.4 is 10.5 Å². The standard InChI is InChI=1S/C18H14Cl2F3N3O/c19-12-3-6-14(15(20)7-12)17-16(8-24)26(10-25-17)9-11-1-4-13(5-2-11)27-18(21,22)23/h1-7,10H,8-9,24H2. The van der Waals surface area contributed by atoms with Crippen molar-refractivity contribution in [3.63, 3.8) is 0 Å². The normalized spacial score (nSPS) is 11.6. The van der Waals surface area contributed by atoms with E-state index in [1.165, 1.54) is 12.1 Å². The van der Waals surface area contributed by atoms with Crippen molar-refractivity contribution in [2.24, 2.45) is 5.73 Å². The number of benzene rings is 2. The molecule has 0 saturated heterocycles. The molecule has 0 saturated carbocycles. The Labute approximate surface area is 163 Å². The smallest absolute Gasteiger partial charge is 0.406 e. The molecular weight excluding hydrogens is 402 g/mol. The number of nitrogens with two attached hydrogens (primary N) is 1. The minimum absolute atomic E-state index is 0.212. The van der Waals surface area contributed by atoms with Crippen molar-refractivity contribution in [2.75, 3.05) is 0 Å². The van der Waals surface area contributed by atoms with Gasteiger partial charge in [0.2, 0.25) is 0 Å². The Morgan fingerprint density at radius 2 is 1.78 bits per heavy atom. The average molecular weight is 416 g/mol. The number of hydrogen-bond acceptors (Lipinski definition) is 3. The highest BCUT2D eigenvalue weighted by molar-refractivity contribution is 6.36. The number of rotatable bonds is 5. The van der Waals surface area contributed by atoms with Crippen LogP contribution in [-0.2, 0) is 13.1 Å². The van der Waals surface area contributed by atoms with Crippen molar-refractivity contribution >= 4 is 23.2 Å². The maximum atomic E-state index is 12.2. The van der Waals surface area contributed by atoms with Crippen molar-refractivity contribution in [1.29, 1.82) is 0 Å². The van der Waals surface area contributed by atoms with Crippen LogP contribution in [0.2, 0.25) is 10.0 Å². The lowest BCUT2D eigenvalue weighted by Crippen LogP contribution is -2.17. The van der Waals surface area contributed by atoms with E-state index < -0.39 is 6.36 Å². The van der Waals surface area contributed by atoms with Crippen LogP contribution in [0.3, 0.4) is 0 Å². The van der Waals surface area contributed by atoms with E-state index >= 15 is 0 Å². The van der Waals surface area contributed by atoms with Crippen molar-refractivity contribution in [1.82, 2.24) is 9.55 Å². The third-order valence-corrected chi connectivity index (χ3v) is 4.38. The van der Waals surface area contributed by atoms with E-state index in [1.807, 2.05) is 4.57 Å². The van der Waals surface area contributed by atoms with Crippen molar-refractivity contribution in [3.8, 4) is 17.0 Å². The maximum absolute atomic E-state index is 12.2. The summed E-state index contributed by atoms with van der Waals surface area (Å²) in [5.41, 5.74) is 8.74. The van der Waals surface area contributed by atoms with E-state index in [2.05, 4.69) is 9.72 Å². The molecule has 2 N–H and O–H groups in total. The molecular formula is C18H14Cl2F3N3O. The van der Waals surface area contributed by atoms with Crippen LogP contribution in [0, 0.1) is 0 Å². The van der Waals surface area contributed by atoms with E-state index in [1.54, 1.807) is 36.7 Å². The molecule has 0 amide bonds. The van der Waals surface area contributed by atoms with E-state index in [0.29, 0.717) is 27.8 Å². The van der Waals surface area contributed by atoms with Gasteiger partial charge in [0.1, 0.15) is 5.75 Å². The molecule has 0 aliphatic heterocycles. The summed E-state index contributed by atoms with van der Waals surface area (Å²) < 4.78 is 42.4. The molecule has 1 heterocycles. The number of nitrogens with zero attached hydrogens (tertiary/aromatic N) is 2. The third kappa shape index (κ3) is 4.74. The minimum Gasteiger partial charge on any atom is -0.406 e. The Balaban J connectivity index is 1.85. The van der Waals surface area contributed by atoms with E-state index in [0.717, 1.165) is 11.3 Å². The number of hydrogen-bond donors (Lipinski definition) is 1. The maximum Gasteiger partial charge on any atom is 0.573 e. The van der Waals surface area contributed by atoms with Crippen molar-refractivity contribution in [3.05, 3.63) is 70.1 Å². The Hall–Kier alpha value is -2.22. The monoisotopic (exact) mass is 415 g/mol. The molecule has 1 aromatic heterocycles. The van der Waals surface area contributed by atoms with Crippen LogP contribution in [0.25, 0.3) is 11.3 Å². The van der Waals surface area contributed by atoms with Crippen molar-refractivity contribution < 1.29 is 17.9 Å². The summed E-state index contributed by atoms with van der Waals surface area (Å²) >= 11 is 12.2. The van der Waals surface area contributed by atoms with Crippen LogP contribution >= 0.6 is 23.2 Å². The Morgan fingerprint density at radius 3 is 2.37 bits per heavy atom.